The van der Waals surface area contributed by atoms with Crippen molar-refractivity contribution in [2.75, 3.05) is 4.90 Å². The molecule has 4 aromatic carbocycles. The number of hydrogen-bond donors (Lipinski definition) is 1. The Morgan fingerprint density at radius 3 is 2.36 bits per heavy atom. The number of aryl methyl sites for hydroxylation is 2. The quantitative estimate of drug-likeness (QED) is 0.0406. The molecule has 7 nitrogen and oxygen atoms in total. The van der Waals surface area contributed by atoms with Gasteiger partial charge in [-0.05, 0) is 89.5 Å². The van der Waals surface area contributed by atoms with E-state index in [0.29, 0.717) is 38.7 Å². The van der Waals surface area contributed by atoms with Crippen LogP contribution in [0, 0.1) is 17.4 Å². The largest absolute Gasteiger partial charge is 0.507 e. The fourth-order valence-corrected chi connectivity index (χ4v) is 7.19. The van der Waals surface area contributed by atoms with Gasteiger partial charge in [0.15, 0.2) is 4.34 Å². The highest BCUT2D eigenvalue weighted by atomic mass is 127. The van der Waals surface area contributed by atoms with Crippen LogP contribution in [-0.2, 0) is 21.9 Å². The fourth-order valence-electron chi connectivity index (χ4n) is 5.01. The molecule has 0 bridgehead atoms. The number of hydrogen-bond acceptors (Lipinski definition) is 8. The third-order valence-electron chi connectivity index (χ3n) is 7.33. The van der Waals surface area contributed by atoms with E-state index in [4.69, 9.17) is 4.74 Å². The highest BCUT2D eigenvalue weighted by Crippen LogP contribution is 2.44. The minimum atomic E-state index is -0.873. The first-order valence-electron chi connectivity index (χ1n) is 14.1. The Bertz CT molecular complexity index is 1890. The number of aliphatic hydroxyl groups excluding tert-OH is 1. The minimum absolute atomic E-state index is 0.00121. The third-order valence-corrected chi connectivity index (χ3v) is 10.2. The zero-order valence-corrected chi connectivity index (χ0v) is 28.2. The van der Waals surface area contributed by atoms with Crippen molar-refractivity contribution in [3.05, 3.63) is 140 Å². The predicted molar refractivity (Wildman–Crippen MR) is 187 cm³/mol. The lowest BCUT2D eigenvalue weighted by molar-refractivity contribution is -0.132. The molecule has 0 aliphatic carbocycles. The number of anilines is 1. The van der Waals surface area contributed by atoms with Crippen molar-refractivity contribution in [3.8, 4) is 5.75 Å². The summed E-state index contributed by atoms with van der Waals surface area (Å²) < 4.78 is 7.61. The summed E-state index contributed by atoms with van der Waals surface area (Å²) in [5.41, 5.74) is 5.62. The molecule has 1 saturated heterocycles. The van der Waals surface area contributed by atoms with Gasteiger partial charge >= 0.3 is 5.91 Å². The van der Waals surface area contributed by atoms with Crippen molar-refractivity contribution in [2.24, 2.45) is 0 Å². The third kappa shape index (κ3) is 6.98. The van der Waals surface area contributed by atoms with Crippen LogP contribution in [0.5, 0.6) is 5.75 Å². The standard InChI is InChI=1S/C35H28IN3O4S2/c1-21-6-8-23(9-7-21)20-44-35-38-37-34(45-35)39-30(25-10-14-27(36)15-11-25)29(32(41)33(39)42)31(40)26-12-16-28(17-13-26)43-19-24-5-3-4-22(2)18-24/h3-18,30,40H,19-20H2,1-2H3. The van der Waals surface area contributed by atoms with Crippen molar-refractivity contribution < 1.29 is 19.4 Å². The van der Waals surface area contributed by atoms with Gasteiger partial charge in [-0.15, -0.1) is 10.2 Å². The SMILES string of the molecule is Cc1ccc(CSc2nnc(N3C(=O)C(=O)C(=C(O)c4ccc(OCc5cccc(C)c5)cc4)C3c3ccc(I)cc3)s2)cc1. The molecule has 1 aliphatic heterocycles. The molecular weight excluding hydrogens is 717 g/mol. The van der Waals surface area contributed by atoms with Crippen LogP contribution in [-0.4, -0.2) is 27.0 Å². The zero-order chi connectivity index (χ0) is 31.5. The molecule has 0 radical (unpaired) electrons. The van der Waals surface area contributed by atoms with Crippen LogP contribution in [0.15, 0.2) is 107 Å². The van der Waals surface area contributed by atoms with E-state index in [0.717, 1.165) is 20.3 Å². The van der Waals surface area contributed by atoms with E-state index in [9.17, 15) is 14.7 Å². The molecule has 226 valence electrons. The number of rotatable bonds is 9. The van der Waals surface area contributed by atoms with E-state index in [-0.39, 0.29) is 11.3 Å². The monoisotopic (exact) mass is 745 g/mol. The Morgan fingerprint density at radius 1 is 0.911 bits per heavy atom. The number of ketones is 1. The van der Waals surface area contributed by atoms with Gasteiger partial charge in [-0.2, -0.15) is 0 Å². The Labute approximate surface area is 283 Å². The van der Waals surface area contributed by atoms with Gasteiger partial charge in [0.1, 0.15) is 18.1 Å². The van der Waals surface area contributed by atoms with Crippen LogP contribution in [0.4, 0.5) is 5.13 Å². The molecule has 1 fully saturated rings. The van der Waals surface area contributed by atoms with Gasteiger partial charge in [-0.3, -0.25) is 14.5 Å². The number of aliphatic hydroxyl groups is 1. The van der Waals surface area contributed by atoms with Gasteiger partial charge in [-0.25, -0.2) is 0 Å². The van der Waals surface area contributed by atoms with Crippen LogP contribution in [0.3, 0.4) is 0 Å². The van der Waals surface area contributed by atoms with Crippen molar-refractivity contribution in [2.45, 2.75) is 36.6 Å². The summed E-state index contributed by atoms with van der Waals surface area (Å²) in [7, 11) is 0. The van der Waals surface area contributed by atoms with Crippen LogP contribution >= 0.6 is 45.7 Å². The summed E-state index contributed by atoms with van der Waals surface area (Å²) >= 11 is 4.97. The smallest absolute Gasteiger partial charge is 0.301 e. The fraction of sp³-hybridized carbons (Fsp3) is 0.143. The van der Waals surface area contributed by atoms with Crippen molar-refractivity contribution in [1.82, 2.24) is 10.2 Å². The van der Waals surface area contributed by atoms with Gasteiger partial charge in [0.25, 0.3) is 5.78 Å². The summed E-state index contributed by atoms with van der Waals surface area (Å²) in [4.78, 5) is 28.5. The first kappa shape index (κ1) is 31.0. The second-order valence-corrected chi connectivity index (χ2v) is 14.1. The van der Waals surface area contributed by atoms with Crippen LogP contribution in [0.2, 0.25) is 0 Å². The number of halogens is 1. The average molecular weight is 746 g/mol. The highest BCUT2D eigenvalue weighted by Gasteiger charge is 2.48. The summed E-state index contributed by atoms with van der Waals surface area (Å²) in [5.74, 6) is -0.487. The molecule has 2 heterocycles. The minimum Gasteiger partial charge on any atom is -0.507 e. The number of ether oxygens (including phenoxy) is 1. The molecule has 45 heavy (non-hydrogen) atoms. The number of benzene rings is 4. The maximum Gasteiger partial charge on any atom is 0.301 e. The van der Waals surface area contributed by atoms with Crippen molar-refractivity contribution in [3.63, 3.8) is 0 Å². The van der Waals surface area contributed by atoms with Crippen LogP contribution in [0.25, 0.3) is 5.76 Å². The lowest BCUT2D eigenvalue weighted by Crippen LogP contribution is -2.29. The average Bonchev–Trinajstić information content (AvgIpc) is 3.62. The van der Waals surface area contributed by atoms with Gasteiger partial charge in [0, 0.05) is 14.9 Å². The summed E-state index contributed by atoms with van der Waals surface area (Å²) in [6.07, 6.45) is 0. The molecule has 1 aromatic heterocycles. The summed E-state index contributed by atoms with van der Waals surface area (Å²) in [6.45, 7) is 4.48. The first-order chi connectivity index (χ1) is 21.8. The Balaban J connectivity index is 1.29. The van der Waals surface area contributed by atoms with E-state index < -0.39 is 17.7 Å². The molecule has 0 saturated carbocycles. The maximum atomic E-state index is 13.6. The highest BCUT2D eigenvalue weighted by molar-refractivity contribution is 14.1. The number of nitrogens with zero attached hydrogens (tertiary/aromatic N) is 3. The molecule has 1 unspecified atom stereocenters. The molecule has 10 heteroatoms. The number of amides is 1. The van der Waals surface area contributed by atoms with E-state index in [1.54, 1.807) is 24.3 Å². The van der Waals surface area contributed by atoms with Gasteiger partial charge in [0.05, 0.1) is 11.6 Å². The van der Waals surface area contributed by atoms with Gasteiger partial charge in [0.2, 0.25) is 5.13 Å². The number of carbonyl (C=O) groups excluding carboxylic acids is 2. The molecule has 0 spiro atoms. The molecule has 1 amide bonds. The normalized spacial score (nSPS) is 15.9. The first-order valence-corrected chi connectivity index (χ1v) is 17.0. The summed E-state index contributed by atoms with van der Waals surface area (Å²) in [6, 6.07) is 29.8. The van der Waals surface area contributed by atoms with Crippen LogP contribution < -0.4 is 9.64 Å². The molecular formula is C35H28IN3O4S2. The zero-order valence-electron chi connectivity index (χ0n) is 24.4. The molecule has 1 N–H and O–H groups in total. The lowest BCUT2D eigenvalue weighted by Gasteiger charge is -2.22. The number of aromatic nitrogens is 2. The Morgan fingerprint density at radius 2 is 1.64 bits per heavy atom. The van der Waals surface area contributed by atoms with Gasteiger partial charge < -0.3 is 9.84 Å². The van der Waals surface area contributed by atoms with Crippen molar-refractivity contribution >= 4 is 68.3 Å². The maximum absolute atomic E-state index is 13.6. The van der Waals surface area contributed by atoms with Crippen LogP contribution in [0.1, 0.15) is 39.4 Å². The molecule has 5 aromatic rings. The molecule has 6 rings (SSSR count). The lowest BCUT2D eigenvalue weighted by atomic mass is 9.95. The number of Topliss-reactive ketones (excluding diaryl/α,β-unsaturated/α-hetero) is 1. The van der Waals surface area contributed by atoms with E-state index >= 15 is 0 Å². The van der Waals surface area contributed by atoms with E-state index in [1.165, 1.54) is 33.6 Å². The van der Waals surface area contributed by atoms with Gasteiger partial charge in [-0.1, -0.05) is 94.9 Å². The number of thioether (sulfide) groups is 1. The van der Waals surface area contributed by atoms with E-state index in [2.05, 4.69) is 63.1 Å². The molecule has 1 aliphatic rings. The Hall–Kier alpha value is -4.00. The second kappa shape index (κ2) is 13.6. The summed E-state index contributed by atoms with van der Waals surface area (Å²) in [5, 5.41) is 20.4. The molecule has 1 atom stereocenters. The Kier molecular flexibility index (Phi) is 9.34. The topological polar surface area (TPSA) is 92.6 Å². The predicted octanol–water partition coefficient (Wildman–Crippen LogP) is 8.26. The van der Waals surface area contributed by atoms with Crippen molar-refractivity contribution in [1.29, 1.82) is 0 Å². The second-order valence-electron chi connectivity index (χ2n) is 10.6. The number of carbonyl (C=O) groups is 2. The van der Waals surface area contributed by atoms with E-state index in [1.807, 2.05) is 56.3 Å².